The first-order valence-electron chi connectivity index (χ1n) is 5.12. The van der Waals surface area contributed by atoms with Gasteiger partial charge in [-0.1, -0.05) is 33.1 Å². The summed E-state index contributed by atoms with van der Waals surface area (Å²) in [6.07, 6.45) is 7.23. The van der Waals surface area contributed by atoms with Crippen molar-refractivity contribution in [3.63, 3.8) is 0 Å². The van der Waals surface area contributed by atoms with Gasteiger partial charge in [-0.2, -0.15) is 0 Å². The number of carbonyl (C=O) groups is 2. The van der Waals surface area contributed by atoms with Crippen LogP contribution >= 0.6 is 0 Å². The van der Waals surface area contributed by atoms with Gasteiger partial charge in [0.15, 0.2) is 0 Å². The highest BCUT2D eigenvalue weighted by Gasteiger charge is 1.83. The summed E-state index contributed by atoms with van der Waals surface area (Å²) in [5.41, 5.74) is 0. The number of unbranched alkanes of at least 4 members (excludes halogenated alkanes) is 4. The Morgan fingerprint density at radius 2 is 1.69 bits per heavy atom. The van der Waals surface area contributed by atoms with E-state index in [1.807, 2.05) is 6.92 Å². The predicted octanol–water partition coefficient (Wildman–Crippen LogP) is 3.14. The maximum Gasteiger partial charge on any atom is 0.129 e. The Balaban J connectivity index is 0. The molecule has 0 rings (SSSR count). The van der Waals surface area contributed by atoms with E-state index in [0.717, 1.165) is 19.1 Å². The van der Waals surface area contributed by atoms with Crippen molar-refractivity contribution in [2.75, 3.05) is 0 Å². The summed E-state index contributed by atoms with van der Waals surface area (Å²) in [5.74, 6) is 0.255. The topological polar surface area (TPSA) is 34.1 Å². The average molecular weight is 186 g/mol. The first-order valence-corrected chi connectivity index (χ1v) is 5.12. The molecule has 0 bridgehead atoms. The van der Waals surface area contributed by atoms with Gasteiger partial charge in [-0.3, -0.25) is 0 Å². The summed E-state index contributed by atoms with van der Waals surface area (Å²) in [6.45, 7) is 5.60. The van der Waals surface area contributed by atoms with Gasteiger partial charge in [0.1, 0.15) is 12.1 Å². The van der Waals surface area contributed by atoms with Gasteiger partial charge in [-0.25, -0.2) is 0 Å². The van der Waals surface area contributed by atoms with E-state index in [0.29, 0.717) is 6.42 Å². The Morgan fingerprint density at radius 1 is 1.15 bits per heavy atom. The van der Waals surface area contributed by atoms with Crippen molar-refractivity contribution in [1.82, 2.24) is 0 Å². The predicted molar refractivity (Wildman–Crippen MR) is 55.8 cm³/mol. The second-order valence-corrected chi connectivity index (χ2v) is 3.07. The van der Waals surface area contributed by atoms with Crippen molar-refractivity contribution in [2.24, 2.45) is 0 Å². The lowest BCUT2D eigenvalue weighted by molar-refractivity contribution is -0.116. The van der Waals surface area contributed by atoms with E-state index in [9.17, 15) is 9.59 Å². The van der Waals surface area contributed by atoms with Gasteiger partial charge < -0.3 is 9.59 Å². The van der Waals surface area contributed by atoms with Gasteiger partial charge in [-0.15, -0.1) is 0 Å². The van der Waals surface area contributed by atoms with Crippen LogP contribution in [0, 0.1) is 0 Å². The average Bonchev–Trinajstić information content (AvgIpc) is 2.14. The molecule has 0 radical (unpaired) electrons. The summed E-state index contributed by atoms with van der Waals surface area (Å²) < 4.78 is 0. The molecule has 2 nitrogen and oxygen atoms in total. The second kappa shape index (κ2) is 13.9. The van der Waals surface area contributed by atoms with Gasteiger partial charge in [-0.05, 0) is 13.3 Å². The SMILES string of the molecule is CCC(C)=O.CCCCCCC=O. The van der Waals surface area contributed by atoms with E-state index in [4.69, 9.17) is 0 Å². The fraction of sp³-hybridized carbons (Fsp3) is 0.818. The summed E-state index contributed by atoms with van der Waals surface area (Å²) in [7, 11) is 0. The van der Waals surface area contributed by atoms with Crippen molar-refractivity contribution in [2.45, 2.75) is 59.3 Å². The molecule has 0 fully saturated rings. The first kappa shape index (κ1) is 14.8. The van der Waals surface area contributed by atoms with Crippen LogP contribution < -0.4 is 0 Å². The zero-order valence-corrected chi connectivity index (χ0v) is 9.14. The maximum absolute atomic E-state index is 9.81. The van der Waals surface area contributed by atoms with Crippen LogP contribution in [0.5, 0.6) is 0 Å². The molecule has 0 aromatic rings. The van der Waals surface area contributed by atoms with Crippen molar-refractivity contribution in [3.8, 4) is 0 Å². The van der Waals surface area contributed by atoms with E-state index in [2.05, 4.69) is 6.92 Å². The van der Waals surface area contributed by atoms with Crippen LogP contribution in [0.15, 0.2) is 0 Å². The molecule has 0 aromatic carbocycles. The van der Waals surface area contributed by atoms with Gasteiger partial charge in [0.05, 0.1) is 0 Å². The van der Waals surface area contributed by atoms with Gasteiger partial charge in [0.2, 0.25) is 0 Å². The van der Waals surface area contributed by atoms with Crippen molar-refractivity contribution < 1.29 is 9.59 Å². The lowest BCUT2D eigenvalue weighted by Crippen LogP contribution is -1.80. The van der Waals surface area contributed by atoms with Crippen LogP contribution in [0.3, 0.4) is 0 Å². The summed E-state index contributed by atoms with van der Waals surface area (Å²) in [5, 5.41) is 0. The Hall–Kier alpha value is -0.660. The summed E-state index contributed by atoms with van der Waals surface area (Å²) >= 11 is 0. The standard InChI is InChI=1S/C7H14O.C4H8O/c1-2-3-4-5-6-7-8;1-3-4(2)5/h7H,2-6H2,1H3;3H2,1-2H3. The molecule has 0 aromatic heterocycles. The number of ketones is 1. The Labute approximate surface area is 81.7 Å². The molecule has 0 unspecified atom stereocenters. The molecular formula is C11H22O2. The third-order valence-electron chi connectivity index (χ3n) is 1.67. The fourth-order valence-electron chi connectivity index (χ4n) is 0.654. The number of carbonyl (C=O) groups excluding carboxylic acids is 2. The molecule has 0 aliphatic rings. The molecule has 78 valence electrons. The smallest absolute Gasteiger partial charge is 0.129 e. The largest absolute Gasteiger partial charge is 0.303 e. The number of rotatable bonds is 6. The van der Waals surface area contributed by atoms with Crippen LogP contribution in [0.4, 0.5) is 0 Å². The highest BCUT2D eigenvalue weighted by molar-refractivity contribution is 5.74. The van der Waals surface area contributed by atoms with E-state index in [1.54, 1.807) is 6.92 Å². The van der Waals surface area contributed by atoms with E-state index in [1.165, 1.54) is 19.3 Å². The zero-order chi connectivity index (χ0) is 10.5. The molecule has 2 heteroatoms. The second-order valence-electron chi connectivity index (χ2n) is 3.07. The maximum atomic E-state index is 9.81. The summed E-state index contributed by atoms with van der Waals surface area (Å²) in [4.78, 5) is 19.6. The highest BCUT2D eigenvalue weighted by Crippen LogP contribution is 1.99. The summed E-state index contributed by atoms with van der Waals surface area (Å²) in [6, 6.07) is 0. The minimum absolute atomic E-state index is 0.255. The molecule has 0 amide bonds. The van der Waals surface area contributed by atoms with Crippen molar-refractivity contribution >= 4 is 12.1 Å². The van der Waals surface area contributed by atoms with Gasteiger partial charge in [0.25, 0.3) is 0 Å². The van der Waals surface area contributed by atoms with Crippen molar-refractivity contribution in [3.05, 3.63) is 0 Å². The molecule has 0 atom stereocenters. The third kappa shape index (κ3) is 24.6. The molecule has 13 heavy (non-hydrogen) atoms. The van der Waals surface area contributed by atoms with E-state index < -0.39 is 0 Å². The Morgan fingerprint density at radius 3 is 2.00 bits per heavy atom. The Bertz CT molecular complexity index is 119. The number of hydrogen-bond donors (Lipinski definition) is 0. The van der Waals surface area contributed by atoms with Gasteiger partial charge >= 0.3 is 0 Å². The third-order valence-corrected chi connectivity index (χ3v) is 1.67. The molecule has 0 aliphatic heterocycles. The number of aldehydes is 1. The fourth-order valence-corrected chi connectivity index (χ4v) is 0.654. The highest BCUT2D eigenvalue weighted by atomic mass is 16.1. The van der Waals surface area contributed by atoms with Crippen LogP contribution in [-0.2, 0) is 9.59 Å². The van der Waals surface area contributed by atoms with Crippen LogP contribution in [0.2, 0.25) is 0 Å². The molecule has 0 N–H and O–H groups in total. The van der Waals surface area contributed by atoms with Gasteiger partial charge in [0, 0.05) is 12.8 Å². The minimum Gasteiger partial charge on any atom is -0.303 e. The van der Waals surface area contributed by atoms with Crippen molar-refractivity contribution in [1.29, 1.82) is 0 Å². The minimum atomic E-state index is 0.255. The number of hydrogen-bond acceptors (Lipinski definition) is 2. The molecular weight excluding hydrogens is 164 g/mol. The monoisotopic (exact) mass is 186 g/mol. The van der Waals surface area contributed by atoms with Crippen LogP contribution in [0.1, 0.15) is 59.3 Å². The van der Waals surface area contributed by atoms with Crippen LogP contribution in [0.25, 0.3) is 0 Å². The first-order chi connectivity index (χ1) is 6.18. The lowest BCUT2D eigenvalue weighted by Gasteiger charge is -1.90. The zero-order valence-electron chi connectivity index (χ0n) is 9.14. The lowest BCUT2D eigenvalue weighted by atomic mass is 10.2. The quantitative estimate of drug-likeness (QED) is 0.471. The molecule has 0 aliphatic carbocycles. The molecule has 0 saturated carbocycles. The Kier molecular flexibility index (Phi) is 15.9. The van der Waals surface area contributed by atoms with E-state index in [-0.39, 0.29) is 5.78 Å². The number of Topliss-reactive ketones (excluding diaryl/α,β-unsaturated/α-hetero) is 1. The molecule has 0 spiro atoms. The van der Waals surface area contributed by atoms with Crippen LogP contribution in [-0.4, -0.2) is 12.1 Å². The molecule has 0 saturated heterocycles. The normalized spacial score (nSPS) is 8.54. The van der Waals surface area contributed by atoms with E-state index >= 15 is 0 Å². The molecule has 0 heterocycles.